The first-order valence-corrected chi connectivity index (χ1v) is 21.6. The van der Waals surface area contributed by atoms with Gasteiger partial charge in [-0.15, -0.1) is 45.3 Å². The Hall–Kier alpha value is -1.93. The van der Waals surface area contributed by atoms with Crippen LogP contribution in [0.5, 0.6) is 11.5 Å². The number of ketones is 1. The molecular weight excluding hydrogens is 657 g/mol. The molecule has 47 heavy (non-hydrogen) atoms. The van der Waals surface area contributed by atoms with Gasteiger partial charge < -0.3 is 9.47 Å². The molecule has 3 atom stereocenters. The van der Waals surface area contributed by atoms with Crippen molar-refractivity contribution in [3.05, 3.63) is 33.8 Å². The van der Waals surface area contributed by atoms with Crippen molar-refractivity contribution in [3.8, 4) is 21.3 Å². The van der Waals surface area contributed by atoms with E-state index in [0.29, 0.717) is 17.6 Å². The number of unbranched alkanes of at least 4 members (excludes halogenated alkanes) is 3. The standard InChI is InChI=1S/C40H54O3S4/c1-7-13-16-26(10-4)23-42-35-30-19-20-44-38(30)36(43-24-27(11-5)17-14-8-2)31-22-33(47-39(31)35)40-37-29(25-45-40)21-32(46-37)34(41)28(12-6)18-15-9-3/h19-22,25-28H,7-18,23-24H2,1-6H3. The summed E-state index contributed by atoms with van der Waals surface area (Å²) in [7, 11) is 0. The number of Topliss-reactive ketones (excluding diaryl/α,β-unsaturated/α-hetero) is 1. The van der Waals surface area contributed by atoms with Gasteiger partial charge in [0.2, 0.25) is 0 Å². The summed E-state index contributed by atoms with van der Waals surface area (Å²) < 4.78 is 17.3. The number of benzene rings is 1. The van der Waals surface area contributed by atoms with Crippen molar-refractivity contribution in [2.75, 3.05) is 13.2 Å². The summed E-state index contributed by atoms with van der Waals surface area (Å²) >= 11 is 7.08. The molecule has 0 aliphatic heterocycles. The van der Waals surface area contributed by atoms with Gasteiger partial charge in [-0.25, -0.2) is 0 Å². The van der Waals surface area contributed by atoms with E-state index in [0.717, 1.165) is 68.1 Å². The van der Waals surface area contributed by atoms with Crippen LogP contribution in [0.25, 0.3) is 40.0 Å². The second-order valence-electron chi connectivity index (χ2n) is 13.2. The third kappa shape index (κ3) is 8.28. The maximum absolute atomic E-state index is 13.6. The fourth-order valence-corrected chi connectivity index (χ4v) is 11.2. The van der Waals surface area contributed by atoms with E-state index in [4.69, 9.17) is 9.47 Å². The Morgan fingerprint density at radius 3 is 1.96 bits per heavy atom. The molecule has 3 nitrogen and oxygen atoms in total. The van der Waals surface area contributed by atoms with Crippen molar-refractivity contribution in [2.24, 2.45) is 17.8 Å². The van der Waals surface area contributed by atoms with Crippen LogP contribution in [-0.2, 0) is 0 Å². The molecule has 0 aliphatic rings. The maximum atomic E-state index is 13.6. The molecule has 0 saturated heterocycles. The van der Waals surface area contributed by atoms with E-state index >= 15 is 0 Å². The predicted molar refractivity (Wildman–Crippen MR) is 211 cm³/mol. The Kier molecular flexibility index (Phi) is 13.6. The van der Waals surface area contributed by atoms with Gasteiger partial charge in [0.15, 0.2) is 5.78 Å². The average molecular weight is 711 g/mol. The third-order valence-corrected chi connectivity index (χ3v) is 14.4. The van der Waals surface area contributed by atoms with E-state index in [1.807, 2.05) is 11.3 Å². The van der Waals surface area contributed by atoms with Crippen molar-refractivity contribution in [1.29, 1.82) is 0 Å². The number of hydrogen-bond acceptors (Lipinski definition) is 7. The highest BCUT2D eigenvalue weighted by Gasteiger charge is 2.25. The smallest absolute Gasteiger partial charge is 0.175 e. The van der Waals surface area contributed by atoms with Crippen LogP contribution in [0.3, 0.4) is 0 Å². The molecule has 0 amide bonds. The first kappa shape index (κ1) is 36.4. The topological polar surface area (TPSA) is 35.5 Å². The van der Waals surface area contributed by atoms with Crippen molar-refractivity contribution in [2.45, 2.75) is 119 Å². The minimum atomic E-state index is 0.120. The van der Waals surface area contributed by atoms with E-state index in [1.165, 1.54) is 78.5 Å². The van der Waals surface area contributed by atoms with Crippen LogP contribution < -0.4 is 9.47 Å². The molecule has 3 unspecified atom stereocenters. The molecule has 0 fully saturated rings. The first-order chi connectivity index (χ1) is 23.0. The van der Waals surface area contributed by atoms with Crippen molar-refractivity contribution in [3.63, 3.8) is 0 Å². The molecule has 4 heterocycles. The molecule has 0 spiro atoms. The molecule has 0 bridgehead atoms. The van der Waals surface area contributed by atoms with Crippen molar-refractivity contribution in [1.82, 2.24) is 0 Å². The third-order valence-electron chi connectivity index (χ3n) is 9.82. The normalized spacial score (nSPS) is 13.9. The van der Waals surface area contributed by atoms with Gasteiger partial charge in [-0.2, -0.15) is 0 Å². The summed E-state index contributed by atoms with van der Waals surface area (Å²) in [5, 5.41) is 7.97. The summed E-state index contributed by atoms with van der Waals surface area (Å²) in [6.45, 7) is 15.0. The zero-order chi connectivity index (χ0) is 33.3. The zero-order valence-electron chi connectivity index (χ0n) is 29.4. The Morgan fingerprint density at radius 1 is 0.702 bits per heavy atom. The minimum absolute atomic E-state index is 0.120. The zero-order valence-corrected chi connectivity index (χ0v) is 32.6. The number of hydrogen-bond donors (Lipinski definition) is 0. The highest BCUT2D eigenvalue weighted by atomic mass is 32.1. The second kappa shape index (κ2) is 17.6. The number of thiophene rings is 4. The van der Waals surface area contributed by atoms with Crippen LogP contribution >= 0.6 is 45.3 Å². The highest BCUT2D eigenvalue weighted by Crippen LogP contribution is 2.53. The van der Waals surface area contributed by atoms with Crippen LogP contribution in [0, 0.1) is 17.8 Å². The SMILES string of the molecule is CCCCC(CC)COc1c2cc(-c3scc4cc(C(=O)C(CC)CCCC)sc34)sc2c(OCC(CC)CCCC)c2ccsc12. The van der Waals surface area contributed by atoms with E-state index in [2.05, 4.69) is 70.5 Å². The van der Waals surface area contributed by atoms with Gasteiger partial charge in [0.05, 0.1) is 37.1 Å². The molecule has 7 heteroatoms. The number of ether oxygens (including phenoxy) is 2. The maximum Gasteiger partial charge on any atom is 0.175 e. The van der Waals surface area contributed by atoms with Gasteiger partial charge in [0, 0.05) is 32.3 Å². The van der Waals surface area contributed by atoms with Crippen molar-refractivity contribution < 1.29 is 14.3 Å². The van der Waals surface area contributed by atoms with Gasteiger partial charge in [-0.05, 0) is 61.1 Å². The Bertz CT molecular complexity index is 1650. The second-order valence-corrected chi connectivity index (χ2v) is 17.1. The monoisotopic (exact) mass is 710 g/mol. The van der Waals surface area contributed by atoms with Gasteiger partial charge >= 0.3 is 0 Å². The molecule has 256 valence electrons. The molecule has 5 aromatic rings. The summed E-state index contributed by atoms with van der Waals surface area (Å²) in [4.78, 5) is 17.0. The van der Waals surface area contributed by atoms with E-state index < -0.39 is 0 Å². The Morgan fingerprint density at radius 2 is 1.34 bits per heavy atom. The van der Waals surface area contributed by atoms with Crippen LogP contribution in [0.4, 0.5) is 0 Å². The predicted octanol–water partition coefficient (Wildman–Crippen LogP) is 14.6. The molecule has 0 radical (unpaired) electrons. The van der Waals surface area contributed by atoms with E-state index in [-0.39, 0.29) is 5.92 Å². The first-order valence-electron chi connectivity index (χ1n) is 18.2. The molecule has 0 saturated carbocycles. The van der Waals surface area contributed by atoms with Crippen LogP contribution in [0.15, 0.2) is 29.0 Å². The fraction of sp³-hybridized carbons (Fsp3) is 0.575. The fourth-order valence-electron chi connectivity index (χ4n) is 6.54. The Balaban J connectivity index is 1.57. The quantitative estimate of drug-likeness (QED) is 0.0711. The number of fused-ring (bicyclic) bond motifs is 3. The van der Waals surface area contributed by atoms with E-state index in [1.54, 1.807) is 34.0 Å². The van der Waals surface area contributed by atoms with Crippen LogP contribution in [0.2, 0.25) is 0 Å². The lowest BCUT2D eigenvalue weighted by Crippen LogP contribution is -2.12. The summed E-state index contributed by atoms with van der Waals surface area (Å²) in [6.07, 6.45) is 13.7. The van der Waals surface area contributed by atoms with Gasteiger partial charge in [0.25, 0.3) is 0 Å². The number of rotatable bonds is 21. The number of carbonyl (C=O) groups is 1. The highest BCUT2D eigenvalue weighted by molar-refractivity contribution is 7.30. The van der Waals surface area contributed by atoms with Crippen LogP contribution in [0.1, 0.15) is 128 Å². The molecule has 0 N–H and O–H groups in total. The number of carbonyl (C=O) groups excluding carboxylic acids is 1. The van der Waals surface area contributed by atoms with Gasteiger partial charge in [-0.3, -0.25) is 4.79 Å². The molecule has 0 aliphatic carbocycles. The van der Waals surface area contributed by atoms with Crippen LogP contribution in [-0.4, -0.2) is 19.0 Å². The van der Waals surface area contributed by atoms with Gasteiger partial charge in [0.1, 0.15) is 11.5 Å². The van der Waals surface area contributed by atoms with E-state index in [9.17, 15) is 4.79 Å². The lowest BCUT2D eigenvalue weighted by molar-refractivity contribution is 0.0912. The lowest BCUT2D eigenvalue weighted by atomic mass is 9.94. The molecule has 5 rings (SSSR count). The average Bonchev–Trinajstić information content (AvgIpc) is 3.89. The minimum Gasteiger partial charge on any atom is -0.491 e. The summed E-state index contributed by atoms with van der Waals surface area (Å²) in [6, 6.07) is 6.72. The van der Waals surface area contributed by atoms with Gasteiger partial charge in [-0.1, -0.05) is 92.9 Å². The summed E-state index contributed by atoms with van der Waals surface area (Å²) in [5.74, 6) is 3.59. The molecule has 4 aromatic heterocycles. The van der Waals surface area contributed by atoms with Crippen molar-refractivity contribution >= 4 is 81.4 Å². The largest absolute Gasteiger partial charge is 0.491 e. The lowest BCUT2D eigenvalue weighted by Gasteiger charge is -2.19. The Labute approximate surface area is 298 Å². The molecule has 1 aromatic carbocycles. The summed E-state index contributed by atoms with van der Waals surface area (Å²) in [5.41, 5.74) is 0. The molecular formula is C40H54O3S4.